The van der Waals surface area contributed by atoms with E-state index in [-0.39, 0.29) is 30.1 Å². The predicted octanol–water partition coefficient (Wildman–Crippen LogP) is 0.585. The molecular weight excluding hydrogens is 254 g/mol. The average molecular weight is 269 g/mol. The van der Waals surface area contributed by atoms with Gasteiger partial charge in [-0.25, -0.2) is 9.78 Å². The number of rotatable bonds is 4. The van der Waals surface area contributed by atoms with E-state index in [9.17, 15) is 9.59 Å². The molecule has 4 N–H and O–H groups in total. The normalized spacial score (nSPS) is 22.9. The molecule has 1 aromatic rings. The van der Waals surface area contributed by atoms with Crippen LogP contribution in [-0.2, 0) is 11.3 Å². The summed E-state index contributed by atoms with van der Waals surface area (Å²) in [5.74, 6) is -1.08. The van der Waals surface area contributed by atoms with Gasteiger partial charge in [0.25, 0.3) is 0 Å². The number of thiazole rings is 1. The zero-order valence-electron chi connectivity index (χ0n) is 9.76. The van der Waals surface area contributed by atoms with Gasteiger partial charge >= 0.3 is 5.97 Å². The molecule has 1 aliphatic rings. The number of nitrogens with one attached hydrogen (secondary N) is 1. The molecule has 2 unspecified atom stereocenters. The van der Waals surface area contributed by atoms with Crippen molar-refractivity contribution in [2.24, 2.45) is 11.7 Å². The van der Waals surface area contributed by atoms with Gasteiger partial charge in [0.05, 0.1) is 6.54 Å². The number of amides is 1. The van der Waals surface area contributed by atoms with Gasteiger partial charge < -0.3 is 16.2 Å². The van der Waals surface area contributed by atoms with Crippen molar-refractivity contribution in [3.63, 3.8) is 0 Å². The van der Waals surface area contributed by atoms with Crippen molar-refractivity contribution in [2.45, 2.75) is 31.8 Å². The standard InChI is InChI=1S/C11H15N3O3S/c12-7-2-1-6(3-7)10(15)13-4-9-14-8(5-18-9)11(16)17/h5-7H,1-4,12H2,(H,13,15)(H,16,17). The van der Waals surface area contributed by atoms with Crippen molar-refractivity contribution < 1.29 is 14.7 Å². The van der Waals surface area contributed by atoms with Crippen LogP contribution in [0.3, 0.4) is 0 Å². The molecule has 0 aliphatic heterocycles. The molecule has 0 aromatic carbocycles. The molecule has 98 valence electrons. The van der Waals surface area contributed by atoms with Crippen LogP contribution in [-0.4, -0.2) is 28.0 Å². The molecule has 1 heterocycles. The molecule has 2 rings (SSSR count). The van der Waals surface area contributed by atoms with Gasteiger partial charge in [0.1, 0.15) is 5.01 Å². The Balaban J connectivity index is 1.83. The number of carbonyl (C=O) groups is 2. The lowest BCUT2D eigenvalue weighted by molar-refractivity contribution is -0.125. The summed E-state index contributed by atoms with van der Waals surface area (Å²) in [6.07, 6.45) is 2.44. The SMILES string of the molecule is NC1CCC(C(=O)NCc2nc(C(=O)O)cs2)C1. The number of carboxylic acids is 1. The highest BCUT2D eigenvalue weighted by atomic mass is 32.1. The van der Waals surface area contributed by atoms with Gasteiger partial charge in [-0.15, -0.1) is 11.3 Å². The lowest BCUT2D eigenvalue weighted by atomic mass is 10.1. The van der Waals surface area contributed by atoms with E-state index in [2.05, 4.69) is 10.3 Å². The number of aromatic nitrogens is 1. The third-order valence-electron chi connectivity index (χ3n) is 3.03. The Hall–Kier alpha value is -1.47. The molecule has 1 aromatic heterocycles. The molecule has 0 bridgehead atoms. The van der Waals surface area contributed by atoms with E-state index in [1.165, 1.54) is 16.7 Å². The van der Waals surface area contributed by atoms with Crippen LogP contribution in [0, 0.1) is 5.92 Å². The van der Waals surface area contributed by atoms with Crippen LogP contribution >= 0.6 is 11.3 Å². The summed E-state index contributed by atoms with van der Waals surface area (Å²) in [4.78, 5) is 26.3. The average Bonchev–Trinajstić information content (AvgIpc) is 2.94. The second-order valence-electron chi connectivity index (χ2n) is 4.42. The second-order valence-corrected chi connectivity index (χ2v) is 5.36. The number of hydrogen-bond acceptors (Lipinski definition) is 5. The molecule has 18 heavy (non-hydrogen) atoms. The number of aromatic carboxylic acids is 1. The molecule has 1 aliphatic carbocycles. The monoisotopic (exact) mass is 269 g/mol. The Morgan fingerprint density at radius 1 is 1.56 bits per heavy atom. The van der Waals surface area contributed by atoms with Gasteiger partial charge in [0.2, 0.25) is 5.91 Å². The highest BCUT2D eigenvalue weighted by molar-refractivity contribution is 7.09. The molecular formula is C11H15N3O3S. The Morgan fingerprint density at radius 3 is 2.89 bits per heavy atom. The van der Waals surface area contributed by atoms with Crippen molar-refractivity contribution in [1.29, 1.82) is 0 Å². The summed E-state index contributed by atoms with van der Waals surface area (Å²) >= 11 is 1.23. The maximum absolute atomic E-state index is 11.8. The first-order valence-electron chi connectivity index (χ1n) is 5.77. The summed E-state index contributed by atoms with van der Waals surface area (Å²) in [6.45, 7) is 0.280. The smallest absolute Gasteiger partial charge is 0.355 e. The molecule has 1 amide bonds. The quantitative estimate of drug-likeness (QED) is 0.741. The maximum atomic E-state index is 11.8. The van der Waals surface area contributed by atoms with Gasteiger partial charge in [-0.05, 0) is 19.3 Å². The first-order valence-corrected chi connectivity index (χ1v) is 6.65. The van der Waals surface area contributed by atoms with Crippen LogP contribution in [0.25, 0.3) is 0 Å². The summed E-state index contributed by atoms with van der Waals surface area (Å²) in [7, 11) is 0. The van der Waals surface area contributed by atoms with Crippen molar-refractivity contribution >= 4 is 23.2 Å². The number of hydrogen-bond donors (Lipinski definition) is 3. The van der Waals surface area contributed by atoms with Crippen LogP contribution in [0.2, 0.25) is 0 Å². The number of carbonyl (C=O) groups excluding carboxylic acids is 1. The molecule has 6 nitrogen and oxygen atoms in total. The second kappa shape index (κ2) is 5.45. The number of nitrogens with two attached hydrogens (primary N) is 1. The fourth-order valence-corrected chi connectivity index (χ4v) is 2.76. The summed E-state index contributed by atoms with van der Waals surface area (Å²) < 4.78 is 0. The van der Waals surface area contributed by atoms with Crippen molar-refractivity contribution in [3.05, 3.63) is 16.1 Å². The van der Waals surface area contributed by atoms with Gasteiger partial charge in [-0.1, -0.05) is 0 Å². The Bertz CT molecular complexity index is 460. The van der Waals surface area contributed by atoms with Crippen molar-refractivity contribution in [3.8, 4) is 0 Å². The number of nitrogens with zero attached hydrogens (tertiary/aromatic N) is 1. The predicted molar refractivity (Wildman–Crippen MR) is 66.2 cm³/mol. The largest absolute Gasteiger partial charge is 0.476 e. The van der Waals surface area contributed by atoms with Crippen LogP contribution in [0.5, 0.6) is 0 Å². The molecule has 1 fully saturated rings. The highest BCUT2D eigenvalue weighted by Gasteiger charge is 2.27. The molecule has 0 radical (unpaired) electrons. The third-order valence-corrected chi connectivity index (χ3v) is 3.88. The van der Waals surface area contributed by atoms with Crippen LogP contribution in [0.15, 0.2) is 5.38 Å². The van der Waals surface area contributed by atoms with Gasteiger partial charge in [-0.3, -0.25) is 4.79 Å². The minimum Gasteiger partial charge on any atom is -0.476 e. The van der Waals surface area contributed by atoms with E-state index in [1.807, 2.05) is 0 Å². The third kappa shape index (κ3) is 3.05. The van der Waals surface area contributed by atoms with E-state index in [4.69, 9.17) is 10.8 Å². The van der Waals surface area contributed by atoms with Crippen LogP contribution in [0.4, 0.5) is 0 Å². The summed E-state index contributed by atoms with van der Waals surface area (Å²) in [5, 5.41) is 13.6. The topological polar surface area (TPSA) is 105 Å². The fourth-order valence-electron chi connectivity index (χ4n) is 2.05. The molecule has 7 heteroatoms. The number of carboxylic acid groups (broad SMARTS) is 1. The zero-order chi connectivity index (χ0) is 13.1. The highest BCUT2D eigenvalue weighted by Crippen LogP contribution is 2.24. The molecule has 0 spiro atoms. The minimum atomic E-state index is -1.05. The van der Waals surface area contributed by atoms with E-state index >= 15 is 0 Å². The van der Waals surface area contributed by atoms with E-state index in [0.29, 0.717) is 5.01 Å². The van der Waals surface area contributed by atoms with Gasteiger partial charge in [-0.2, -0.15) is 0 Å². The molecule has 1 saturated carbocycles. The lowest BCUT2D eigenvalue weighted by Gasteiger charge is -2.09. The first kappa shape index (κ1) is 13.0. The Morgan fingerprint density at radius 2 is 2.33 bits per heavy atom. The maximum Gasteiger partial charge on any atom is 0.355 e. The summed E-state index contributed by atoms with van der Waals surface area (Å²) in [5.41, 5.74) is 5.77. The molecule has 0 saturated heterocycles. The Kier molecular flexibility index (Phi) is 3.93. The van der Waals surface area contributed by atoms with Crippen LogP contribution in [0.1, 0.15) is 34.8 Å². The molecule has 2 atom stereocenters. The Labute approximate surface area is 108 Å². The van der Waals surface area contributed by atoms with Crippen molar-refractivity contribution in [1.82, 2.24) is 10.3 Å². The minimum absolute atomic E-state index is 0.0149. The van der Waals surface area contributed by atoms with Gasteiger partial charge in [0, 0.05) is 17.3 Å². The first-order chi connectivity index (χ1) is 8.56. The summed E-state index contributed by atoms with van der Waals surface area (Å²) in [6, 6.07) is 0.124. The van der Waals surface area contributed by atoms with E-state index < -0.39 is 5.97 Å². The lowest BCUT2D eigenvalue weighted by Crippen LogP contribution is -2.30. The van der Waals surface area contributed by atoms with E-state index in [1.54, 1.807) is 0 Å². The zero-order valence-corrected chi connectivity index (χ0v) is 10.6. The van der Waals surface area contributed by atoms with Crippen LogP contribution < -0.4 is 11.1 Å². The van der Waals surface area contributed by atoms with Gasteiger partial charge in [0.15, 0.2) is 5.69 Å². The fraction of sp³-hybridized carbons (Fsp3) is 0.545. The van der Waals surface area contributed by atoms with E-state index in [0.717, 1.165) is 19.3 Å². The van der Waals surface area contributed by atoms with Crippen molar-refractivity contribution in [2.75, 3.05) is 0 Å².